The van der Waals surface area contributed by atoms with Gasteiger partial charge in [0.2, 0.25) is 0 Å². The monoisotopic (exact) mass is 456 g/mol. The minimum Gasteiger partial charge on any atom is -0.0622 e. The van der Waals surface area contributed by atoms with Gasteiger partial charge in [-0.1, -0.05) is 127 Å². The van der Waals surface area contributed by atoms with E-state index < -0.39 is 0 Å². The summed E-state index contributed by atoms with van der Waals surface area (Å²) in [6.07, 6.45) is 0.996. The Hall–Kier alpha value is -4.42. The molecule has 0 saturated carbocycles. The van der Waals surface area contributed by atoms with Crippen molar-refractivity contribution >= 4 is 10.8 Å². The summed E-state index contributed by atoms with van der Waals surface area (Å²) in [4.78, 5) is 0. The second-order valence-corrected chi connectivity index (χ2v) is 10.1. The minimum atomic E-state index is -0.360. The van der Waals surface area contributed by atoms with Gasteiger partial charge in [-0.15, -0.1) is 0 Å². The van der Waals surface area contributed by atoms with Gasteiger partial charge in [-0.25, -0.2) is 0 Å². The zero-order chi connectivity index (χ0) is 23.7. The lowest BCUT2D eigenvalue weighted by Crippen LogP contribution is -2.28. The Bertz CT molecular complexity index is 1750. The Balaban J connectivity index is 1.57. The van der Waals surface area contributed by atoms with Gasteiger partial charge in [0.25, 0.3) is 0 Å². The topological polar surface area (TPSA) is 0 Å². The predicted octanol–water partition coefficient (Wildman–Crippen LogP) is 8.77. The molecule has 0 N–H and O–H groups in total. The SMILES string of the molecule is c1ccc(C2(c3ccccc3)c3cc4c(cc3-c3c2ccc2ccccc32)-c2ccccc2C4)cc1. The van der Waals surface area contributed by atoms with Crippen LogP contribution in [0.2, 0.25) is 0 Å². The van der Waals surface area contributed by atoms with Crippen LogP contribution >= 0.6 is 0 Å². The van der Waals surface area contributed by atoms with Crippen LogP contribution in [0, 0.1) is 0 Å². The van der Waals surface area contributed by atoms with E-state index in [1.54, 1.807) is 0 Å². The van der Waals surface area contributed by atoms with Gasteiger partial charge in [-0.05, 0) is 78.9 Å². The third-order valence-electron chi connectivity index (χ3n) is 8.35. The van der Waals surface area contributed by atoms with Crippen molar-refractivity contribution in [3.63, 3.8) is 0 Å². The first-order valence-electron chi connectivity index (χ1n) is 12.7. The number of rotatable bonds is 2. The average Bonchev–Trinajstić information content (AvgIpc) is 3.46. The fourth-order valence-electron chi connectivity index (χ4n) is 6.89. The smallest absolute Gasteiger partial charge is 0.0622 e. The van der Waals surface area contributed by atoms with Crippen LogP contribution < -0.4 is 0 Å². The minimum absolute atomic E-state index is 0.360. The molecule has 0 aromatic heterocycles. The molecule has 168 valence electrons. The summed E-state index contributed by atoms with van der Waals surface area (Å²) in [6.45, 7) is 0. The van der Waals surface area contributed by atoms with Gasteiger partial charge in [-0.3, -0.25) is 0 Å². The molecule has 2 aliphatic carbocycles. The standard InChI is InChI=1S/C36H24/c1-3-13-27(14-4-1)36(28-15-5-2-6-16-28)33-20-19-24-11-7-10-18-30(24)35(33)32-23-31-26(22-34(32)36)21-25-12-8-9-17-29(25)31/h1-20,22-23H,21H2. The second kappa shape index (κ2) is 7.29. The van der Waals surface area contributed by atoms with Crippen LogP contribution in [0.1, 0.15) is 33.4 Å². The maximum Gasteiger partial charge on any atom is 0.0713 e. The molecule has 0 radical (unpaired) electrons. The number of hydrogen-bond donors (Lipinski definition) is 0. The summed E-state index contributed by atoms with van der Waals surface area (Å²) in [5.41, 5.74) is 13.4. The Morgan fingerprint density at radius 1 is 0.444 bits per heavy atom. The molecule has 6 aromatic carbocycles. The first kappa shape index (κ1) is 19.8. The Labute approximate surface area is 211 Å². The summed E-state index contributed by atoms with van der Waals surface area (Å²) >= 11 is 0. The van der Waals surface area contributed by atoms with Crippen molar-refractivity contribution in [1.29, 1.82) is 0 Å². The zero-order valence-corrected chi connectivity index (χ0v) is 19.9. The van der Waals surface area contributed by atoms with Gasteiger partial charge in [0.1, 0.15) is 0 Å². The maximum atomic E-state index is 2.53. The summed E-state index contributed by atoms with van der Waals surface area (Å²) in [6, 6.07) is 49.7. The molecule has 8 rings (SSSR count). The van der Waals surface area contributed by atoms with Gasteiger partial charge in [-0.2, -0.15) is 0 Å². The van der Waals surface area contributed by atoms with Crippen LogP contribution in [-0.4, -0.2) is 0 Å². The highest BCUT2D eigenvalue weighted by molar-refractivity contribution is 6.05. The maximum absolute atomic E-state index is 2.53. The van der Waals surface area contributed by atoms with E-state index in [4.69, 9.17) is 0 Å². The molecule has 36 heavy (non-hydrogen) atoms. The molecule has 0 nitrogen and oxygen atoms in total. The Kier molecular flexibility index (Phi) is 4.02. The van der Waals surface area contributed by atoms with Crippen molar-refractivity contribution in [3.8, 4) is 22.3 Å². The third-order valence-corrected chi connectivity index (χ3v) is 8.35. The van der Waals surface area contributed by atoms with Gasteiger partial charge < -0.3 is 0 Å². The largest absolute Gasteiger partial charge is 0.0713 e. The molecule has 0 amide bonds. The average molecular weight is 457 g/mol. The van der Waals surface area contributed by atoms with E-state index in [9.17, 15) is 0 Å². The molecular weight excluding hydrogens is 432 g/mol. The van der Waals surface area contributed by atoms with Crippen molar-refractivity contribution in [2.45, 2.75) is 11.8 Å². The first-order valence-corrected chi connectivity index (χ1v) is 12.7. The highest BCUT2D eigenvalue weighted by atomic mass is 14.5. The van der Waals surface area contributed by atoms with Gasteiger partial charge in [0.15, 0.2) is 0 Å². The molecule has 2 aliphatic rings. The first-order chi connectivity index (χ1) is 17.9. The summed E-state index contributed by atoms with van der Waals surface area (Å²) in [5.74, 6) is 0. The van der Waals surface area contributed by atoms with E-state index in [0.717, 1.165) is 6.42 Å². The van der Waals surface area contributed by atoms with Crippen molar-refractivity contribution in [2.24, 2.45) is 0 Å². The van der Waals surface area contributed by atoms with Crippen molar-refractivity contribution < 1.29 is 0 Å². The lowest BCUT2D eigenvalue weighted by atomic mass is 9.67. The zero-order valence-electron chi connectivity index (χ0n) is 19.9. The van der Waals surface area contributed by atoms with E-state index in [1.165, 1.54) is 66.4 Å². The Morgan fingerprint density at radius 2 is 1.11 bits per heavy atom. The van der Waals surface area contributed by atoms with E-state index in [-0.39, 0.29) is 5.41 Å². The quantitative estimate of drug-likeness (QED) is 0.244. The highest BCUT2D eigenvalue weighted by Crippen LogP contribution is 2.59. The fourth-order valence-corrected chi connectivity index (χ4v) is 6.89. The molecule has 0 bridgehead atoms. The van der Waals surface area contributed by atoms with Crippen LogP contribution in [0.15, 0.2) is 133 Å². The normalized spacial score (nSPS) is 14.2. The van der Waals surface area contributed by atoms with Crippen molar-refractivity contribution in [3.05, 3.63) is 167 Å². The molecule has 0 fully saturated rings. The van der Waals surface area contributed by atoms with E-state index >= 15 is 0 Å². The predicted molar refractivity (Wildman–Crippen MR) is 149 cm³/mol. The number of benzene rings is 6. The van der Waals surface area contributed by atoms with Crippen LogP contribution in [0.4, 0.5) is 0 Å². The number of fused-ring (bicyclic) bond motifs is 8. The molecule has 0 aliphatic heterocycles. The van der Waals surface area contributed by atoms with E-state index in [1.807, 2.05) is 0 Å². The van der Waals surface area contributed by atoms with Crippen LogP contribution in [0.5, 0.6) is 0 Å². The molecule has 0 heteroatoms. The summed E-state index contributed by atoms with van der Waals surface area (Å²) < 4.78 is 0. The van der Waals surface area contributed by atoms with Crippen LogP contribution in [0.25, 0.3) is 33.0 Å². The molecule has 0 spiro atoms. The van der Waals surface area contributed by atoms with Gasteiger partial charge in [0.05, 0.1) is 5.41 Å². The summed E-state index contributed by atoms with van der Waals surface area (Å²) in [7, 11) is 0. The molecule has 0 saturated heterocycles. The second-order valence-electron chi connectivity index (χ2n) is 10.1. The summed E-state index contributed by atoms with van der Waals surface area (Å²) in [5, 5.41) is 2.62. The lowest BCUT2D eigenvalue weighted by molar-refractivity contribution is 0.768. The highest BCUT2D eigenvalue weighted by Gasteiger charge is 2.47. The molecule has 0 atom stereocenters. The third kappa shape index (κ3) is 2.49. The van der Waals surface area contributed by atoms with Crippen LogP contribution in [-0.2, 0) is 11.8 Å². The molecule has 0 heterocycles. The van der Waals surface area contributed by atoms with Gasteiger partial charge >= 0.3 is 0 Å². The van der Waals surface area contributed by atoms with Crippen molar-refractivity contribution in [1.82, 2.24) is 0 Å². The lowest BCUT2D eigenvalue weighted by Gasteiger charge is -2.34. The van der Waals surface area contributed by atoms with E-state index in [2.05, 4.69) is 133 Å². The van der Waals surface area contributed by atoms with E-state index in [0.29, 0.717) is 0 Å². The Morgan fingerprint density at radius 3 is 1.89 bits per heavy atom. The molecule has 0 unspecified atom stereocenters. The molecular formula is C36H24. The van der Waals surface area contributed by atoms with Gasteiger partial charge in [0, 0.05) is 0 Å². The molecule has 6 aromatic rings. The number of hydrogen-bond acceptors (Lipinski definition) is 0. The van der Waals surface area contributed by atoms with Crippen molar-refractivity contribution in [2.75, 3.05) is 0 Å². The fraction of sp³-hybridized carbons (Fsp3) is 0.0556. The van der Waals surface area contributed by atoms with Crippen LogP contribution in [0.3, 0.4) is 0 Å².